The number of carbonyl (C=O) groups excluding carboxylic acids is 3. The molecule has 2 N–H and O–H groups in total. The smallest absolute Gasteiger partial charge is 0.235 e. The fourth-order valence-corrected chi connectivity index (χ4v) is 4.87. The Labute approximate surface area is 200 Å². The standard InChI is InChI=1S/C25H35N5O4/c1-29-24-18(23(28-29)19-11-12-22(32)27-25(19)33)8-7-9-20(24)26-21(31)10-5-3-2-4-6-13-30-14-16-34-17-15-30/h7-9,19H,2-6,10-17H2,1H3,(H,26,31)(H,27,32,33). The van der Waals surface area contributed by atoms with Crippen LogP contribution in [0.25, 0.3) is 10.9 Å². The number of hydrogen-bond acceptors (Lipinski definition) is 6. The van der Waals surface area contributed by atoms with Crippen LogP contribution in [0.1, 0.15) is 63.0 Å². The van der Waals surface area contributed by atoms with E-state index in [1.165, 1.54) is 12.8 Å². The molecular formula is C25H35N5O4. The van der Waals surface area contributed by atoms with Crippen molar-refractivity contribution in [2.24, 2.45) is 7.05 Å². The highest BCUT2D eigenvalue weighted by molar-refractivity contribution is 6.05. The van der Waals surface area contributed by atoms with Gasteiger partial charge in [-0.05, 0) is 31.9 Å². The lowest BCUT2D eigenvalue weighted by Crippen LogP contribution is -2.39. The van der Waals surface area contributed by atoms with E-state index in [-0.39, 0.29) is 17.7 Å². The van der Waals surface area contributed by atoms with E-state index >= 15 is 0 Å². The third-order valence-electron chi connectivity index (χ3n) is 6.72. The van der Waals surface area contributed by atoms with E-state index in [4.69, 9.17) is 4.74 Å². The van der Waals surface area contributed by atoms with Crippen molar-refractivity contribution in [1.82, 2.24) is 20.0 Å². The summed E-state index contributed by atoms with van der Waals surface area (Å²) in [6.45, 7) is 4.91. The number of morpholine rings is 1. The van der Waals surface area contributed by atoms with Crippen molar-refractivity contribution in [3.05, 3.63) is 23.9 Å². The van der Waals surface area contributed by atoms with Gasteiger partial charge in [-0.2, -0.15) is 5.10 Å². The summed E-state index contributed by atoms with van der Waals surface area (Å²) in [6.07, 6.45) is 6.68. The molecule has 0 saturated carbocycles. The molecule has 3 heterocycles. The molecule has 2 aliphatic heterocycles. The topological polar surface area (TPSA) is 106 Å². The SMILES string of the molecule is Cn1nc(C2CCC(=O)NC2=O)c2cccc(NC(=O)CCCCCCCN3CCOCC3)c21. The number of carbonyl (C=O) groups is 3. The van der Waals surface area contributed by atoms with Crippen LogP contribution in [0.3, 0.4) is 0 Å². The van der Waals surface area contributed by atoms with Crippen molar-refractivity contribution in [3.8, 4) is 0 Å². The number of amides is 3. The lowest BCUT2D eigenvalue weighted by molar-refractivity contribution is -0.134. The number of ether oxygens (including phenoxy) is 1. The molecule has 0 radical (unpaired) electrons. The van der Waals surface area contributed by atoms with Crippen molar-refractivity contribution >= 4 is 34.3 Å². The second kappa shape index (κ2) is 11.6. The normalized spacial score (nSPS) is 19.4. The fourth-order valence-electron chi connectivity index (χ4n) is 4.87. The first-order valence-electron chi connectivity index (χ1n) is 12.4. The average molecular weight is 470 g/mol. The summed E-state index contributed by atoms with van der Waals surface area (Å²) in [7, 11) is 1.81. The number of aromatic nitrogens is 2. The zero-order valence-electron chi connectivity index (χ0n) is 20.0. The van der Waals surface area contributed by atoms with Gasteiger partial charge in [0.25, 0.3) is 0 Å². The van der Waals surface area contributed by atoms with Crippen LogP contribution in [0, 0.1) is 0 Å². The molecule has 0 aliphatic carbocycles. The minimum atomic E-state index is -0.462. The quantitative estimate of drug-likeness (QED) is 0.409. The summed E-state index contributed by atoms with van der Waals surface area (Å²) in [5.41, 5.74) is 2.14. The van der Waals surface area contributed by atoms with Crippen LogP contribution in [0.15, 0.2) is 18.2 Å². The van der Waals surface area contributed by atoms with Gasteiger partial charge in [0.05, 0.1) is 36.0 Å². The van der Waals surface area contributed by atoms with Gasteiger partial charge in [0.15, 0.2) is 0 Å². The van der Waals surface area contributed by atoms with Crippen LogP contribution < -0.4 is 10.6 Å². The predicted octanol–water partition coefficient (Wildman–Crippen LogP) is 2.70. The van der Waals surface area contributed by atoms with E-state index in [1.807, 2.05) is 25.2 Å². The van der Waals surface area contributed by atoms with E-state index in [0.29, 0.717) is 30.6 Å². The zero-order valence-corrected chi connectivity index (χ0v) is 20.0. The summed E-state index contributed by atoms with van der Waals surface area (Å²) in [6, 6.07) is 5.64. The summed E-state index contributed by atoms with van der Waals surface area (Å²) in [5.74, 6) is -1.03. The minimum Gasteiger partial charge on any atom is -0.379 e. The van der Waals surface area contributed by atoms with Crippen LogP contribution in [0.2, 0.25) is 0 Å². The Kier molecular flexibility index (Phi) is 8.29. The number of para-hydroxylation sites is 1. The van der Waals surface area contributed by atoms with Gasteiger partial charge in [-0.25, -0.2) is 0 Å². The lowest BCUT2D eigenvalue weighted by Gasteiger charge is -2.26. The number of piperidine rings is 1. The van der Waals surface area contributed by atoms with Crippen molar-refractivity contribution < 1.29 is 19.1 Å². The van der Waals surface area contributed by atoms with E-state index in [0.717, 1.165) is 63.0 Å². The van der Waals surface area contributed by atoms with Crippen LogP contribution in [0.4, 0.5) is 5.69 Å². The van der Waals surface area contributed by atoms with Crippen LogP contribution in [-0.4, -0.2) is 65.2 Å². The van der Waals surface area contributed by atoms with Gasteiger partial charge in [0.2, 0.25) is 17.7 Å². The molecule has 2 saturated heterocycles. The van der Waals surface area contributed by atoms with Crippen molar-refractivity contribution in [2.75, 3.05) is 38.2 Å². The molecule has 1 aromatic carbocycles. The molecule has 3 amide bonds. The molecular weight excluding hydrogens is 434 g/mol. The molecule has 1 unspecified atom stereocenters. The first-order chi connectivity index (χ1) is 16.5. The number of aryl methyl sites for hydroxylation is 1. The third kappa shape index (κ3) is 6.01. The number of unbranched alkanes of at least 4 members (excludes halogenated alkanes) is 4. The third-order valence-corrected chi connectivity index (χ3v) is 6.72. The number of fused-ring (bicyclic) bond motifs is 1. The number of imide groups is 1. The highest BCUT2D eigenvalue weighted by Gasteiger charge is 2.32. The molecule has 184 valence electrons. The van der Waals surface area contributed by atoms with Crippen LogP contribution in [0.5, 0.6) is 0 Å². The number of rotatable bonds is 10. The molecule has 0 bridgehead atoms. The molecule has 2 aliphatic rings. The Hall–Kier alpha value is -2.78. The second-order valence-electron chi connectivity index (χ2n) is 9.23. The number of hydrogen-bond donors (Lipinski definition) is 2. The molecule has 34 heavy (non-hydrogen) atoms. The fraction of sp³-hybridized carbons (Fsp3) is 0.600. The summed E-state index contributed by atoms with van der Waals surface area (Å²) in [4.78, 5) is 38.9. The van der Waals surface area contributed by atoms with Gasteiger partial charge >= 0.3 is 0 Å². The molecule has 2 aromatic rings. The van der Waals surface area contributed by atoms with Crippen LogP contribution in [-0.2, 0) is 26.2 Å². The van der Waals surface area contributed by atoms with E-state index in [1.54, 1.807) is 4.68 Å². The Morgan fingerprint density at radius 2 is 1.91 bits per heavy atom. The maximum Gasteiger partial charge on any atom is 0.235 e. The van der Waals surface area contributed by atoms with Crippen molar-refractivity contribution in [1.29, 1.82) is 0 Å². The maximum absolute atomic E-state index is 12.6. The van der Waals surface area contributed by atoms with Gasteiger partial charge in [-0.15, -0.1) is 0 Å². The van der Waals surface area contributed by atoms with E-state index < -0.39 is 5.92 Å². The summed E-state index contributed by atoms with van der Waals surface area (Å²) >= 11 is 0. The number of nitrogens with one attached hydrogen (secondary N) is 2. The Morgan fingerprint density at radius 3 is 2.71 bits per heavy atom. The maximum atomic E-state index is 12.6. The molecule has 1 aromatic heterocycles. The zero-order chi connectivity index (χ0) is 23.9. The van der Waals surface area contributed by atoms with E-state index in [2.05, 4.69) is 20.6 Å². The number of benzene rings is 1. The molecule has 2 fully saturated rings. The minimum absolute atomic E-state index is 0.00965. The second-order valence-corrected chi connectivity index (χ2v) is 9.23. The molecule has 9 heteroatoms. The van der Waals surface area contributed by atoms with Gasteiger partial charge < -0.3 is 10.1 Å². The van der Waals surface area contributed by atoms with Gasteiger partial charge in [0, 0.05) is 38.4 Å². The van der Waals surface area contributed by atoms with Crippen molar-refractivity contribution in [2.45, 2.75) is 57.3 Å². The van der Waals surface area contributed by atoms with Crippen molar-refractivity contribution in [3.63, 3.8) is 0 Å². The van der Waals surface area contributed by atoms with Gasteiger partial charge in [0.1, 0.15) is 0 Å². The molecule has 4 rings (SSSR count). The molecule has 0 spiro atoms. The predicted molar refractivity (Wildman–Crippen MR) is 129 cm³/mol. The summed E-state index contributed by atoms with van der Waals surface area (Å²) < 4.78 is 7.09. The van der Waals surface area contributed by atoms with Crippen LogP contribution >= 0.6 is 0 Å². The lowest BCUT2D eigenvalue weighted by atomic mass is 9.92. The first kappa shape index (κ1) is 24.3. The van der Waals surface area contributed by atoms with Gasteiger partial charge in [-0.1, -0.05) is 31.4 Å². The number of nitrogens with zero attached hydrogens (tertiary/aromatic N) is 3. The number of anilines is 1. The highest BCUT2D eigenvalue weighted by atomic mass is 16.5. The molecule has 1 atom stereocenters. The van der Waals surface area contributed by atoms with Gasteiger partial charge in [-0.3, -0.25) is 29.3 Å². The Balaban J connectivity index is 1.26. The van der Waals surface area contributed by atoms with E-state index in [9.17, 15) is 14.4 Å². The Bertz CT molecular complexity index is 1030. The highest BCUT2D eigenvalue weighted by Crippen LogP contribution is 2.33. The first-order valence-corrected chi connectivity index (χ1v) is 12.4. The summed E-state index contributed by atoms with van der Waals surface area (Å²) in [5, 5.41) is 10.8. The largest absolute Gasteiger partial charge is 0.379 e. The molecule has 9 nitrogen and oxygen atoms in total. The Morgan fingerprint density at radius 1 is 1.15 bits per heavy atom. The average Bonchev–Trinajstić information content (AvgIpc) is 3.16. The monoisotopic (exact) mass is 469 g/mol.